The van der Waals surface area contributed by atoms with Crippen LogP contribution in [0.4, 0.5) is 17.1 Å². The largest absolute Gasteiger partial charge is 0.310 e. The summed E-state index contributed by atoms with van der Waals surface area (Å²) in [5.74, 6) is 0. The van der Waals surface area contributed by atoms with E-state index in [1.165, 1.54) is 104 Å². The second-order valence-corrected chi connectivity index (χ2v) is 18.2. The second-order valence-electron chi connectivity index (χ2n) is 18.2. The van der Waals surface area contributed by atoms with Crippen LogP contribution in [0.25, 0.3) is 87.0 Å². The zero-order valence-corrected chi connectivity index (χ0v) is 33.3. The molecule has 0 radical (unpaired) electrons. The van der Waals surface area contributed by atoms with E-state index in [1.807, 2.05) is 0 Å². The first-order chi connectivity index (χ1) is 27.6. The molecule has 0 saturated heterocycles. The fraction of sp³-hybridized carbons (Fsp3) is 0.148. The Morgan fingerprint density at radius 2 is 0.789 bits per heavy atom. The van der Waals surface area contributed by atoms with Crippen molar-refractivity contribution in [3.8, 4) is 0 Å². The van der Waals surface area contributed by atoms with Gasteiger partial charge in [0.1, 0.15) is 0 Å². The van der Waals surface area contributed by atoms with Crippen LogP contribution in [0.1, 0.15) is 52.7 Å². The highest BCUT2D eigenvalue weighted by Crippen LogP contribution is 2.50. The summed E-state index contributed by atoms with van der Waals surface area (Å²) in [5.41, 5.74) is 14.0. The SMILES string of the molecule is CC(C)(C)c1ccc2c(c1)c1cc(C(C)(C)C)cc3c4ccc5c(ccc6c7ccc(N(c8ccccc8)c8ccccc8)c8c9ccccc9n(c56)c78)c4n2c13. The van der Waals surface area contributed by atoms with Crippen LogP contribution >= 0.6 is 0 Å². The fourth-order valence-electron chi connectivity index (χ4n) is 10.1. The predicted molar refractivity (Wildman–Crippen MR) is 245 cm³/mol. The van der Waals surface area contributed by atoms with Gasteiger partial charge in [-0.05, 0) is 82.6 Å². The van der Waals surface area contributed by atoms with Gasteiger partial charge >= 0.3 is 0 Å². The van der Waals surface area contributed by atoms with E-state index in [4.69, 9.17) is 0 Å². The molecule has 0 fully saturated rings. The standard InChI is InChI=1S/C54H43N3/c1-53(2,3)32-21-27-46-42(29-32)44-31-33(54(4,5)6)30-43-40-25-24-36-37(50(40)56(46)51(43)44)22-23-38-39-26-28-47(48-41-19-13-14-20-45(41)57(49(36)38)52(39)48)55(34-15-9-7-10-16-34)35-17-11-8-12-18-35/h7-31H,1-6H3. The summed E-state index contributed by atoms with van der Waals surface area (Å²) in [6.07, 6.45) is 0. The number of aromatic nitrogens is 2. The van der Waals surface area contributed by atoms with Crippen molar-refractivity contribution in [3.05, 3.63) is 163 Å². The first-order valence-electron chi connectivity index (χ1n) is 20.3. The molecule has 8 aromatic carbocycles. The molecule has 12 aromatic rings. The molecule has 4 aromatic heterocycles. The van der Waals surface area contributed by atoms with Gasteiger partial charge in [0.15, 0.2) is 0 Å². The van der Waals surface area contributed by atoms with E-state index >= 15 is 0 Å². The normalized spacial score (nSPS) is 13.1. The lowest BCUT2D eigenvalue weighted by Gasteiger charge is -2.26. The first kappa shape index (κ1) is 32.6. The van der Waals surface area contributed by atoms with Gasteiger partial charge in [-0.3, -0.25) is 0 Å². The molecule has 4 heterocycles. The van der Waals surface area contributed by atoms with Crippen molar-refractivity contribution >= 4 is 104 Å². The Bertz CT molecular complexity index is 3530. The summed E-state index contributed by atoms with van der Waals surface area (Å²) in [4.78, 5) is 2.42. The quantitative estimate of drug-likeness (QED) is 0.176. The van der Waals surface area contributed by atoms with Gasteiger partial charge in [0.25, 0.3) is 0 Å². The number of anilines is 3. The molecule has 0 bridgehead atoms. The molecule has 0 aliphatic heterocycles. The molecule has 0 N–H and O–H groups in total. The van der Waals surface area contributed by atoms with Crippen LogP contribution in [-0.2, 0) is 10.8 Å². The second kappa shape index (κ2) is 11.0. The molecule has 0 amide bonds. The van der Waals surface area contributed by atoms with Crippen molar-refractivity contribution in [2.45, 2.75) is 52.4 Å². The van der Waals surface area contributed by atoms with E-state index in [0.29, 0.717) is 0 Å². The fourth-order valence-corrected chi connectivity index (χ4v) is 10.1. The number of benzene rings is 8. The number of para-hydroxylation sites is 3. The summed E-state index contributed by atoms with van der Waals surface area (Å²) in [6.45, 7) is 14.0. The van der Waals surface area contributed by atoms with Crippen molar-refractivity contribution in [2.24, 2.45) is 0 Å². The summed E-state index contributed by atoms with van der Waals surface area (Å²) in [6, 6.07) is 57.0. The van der Waals surface area contributed by atoms with Crippen LogP contribution in [0.2, 0.25) is 0 Å². The number of nitrogens with zero attached hydrogens (tertiary/aromatic N) is 3. The smallest absolute Gasteiger partial charge is 0.0641 e. The highest BCUT2D eigenvalue weighted by Gasteiger charge is 2.28. The minimum absolute atomic E-state index is 0.0171. The third kappa shape index (κ3) is 4.32. The Morgan fingerprint density at radius 3 is 1.39 bits per heavy atom. The maximum Gasteiger partial charge on any atom is 0.0641 e. The molecule has 3 heteroatoms. The average molecular weight is 734 g/mol. The third-order valence-corrected chi connectivity index (χ3v) is 12.8. The predicted octanol–water partition coefficient (Wildman–Crippen LogP) is 15.2. The minimum atomic E-state index is 0.0171. The minimum Gasteiger partial charge on any atom is -0.310 e. The number of fused-ring (bicyclic) bond motifs is 15. The van der Waals surface area contributed by atoms with Gasteiger partial charge in [-0.2, -0.15) is 0 Å². The Balaban J connectivity index is 1.24. The topological polar surface area (TPSA) is 12.1 Å². The summed E-state index contributed by atoms with van der Waals surface area (Å²) >= 11 is 0. The molecule has 0 unspecified atom stereocenters. The van der Waals surface area contributed by atoms with E-state index in [0.717, 1.165) is 11.4 Å². The monoisotopic (exact) mass is 733 g/mol. The molecule has 274 valence electrons. The average Bonchev–Trinajstić information content (AvgIpc) is 3.94. The van der Waals surface area contributed by atoms with Gasteiger partial charge in [-0.1, -0.05) is 133 Å². The Labute approximate surface area is 331 Å². The number of hydrogen-bond acceptors (Lipinski definition) is 1. The van der Waals surface area contributed by atoms with Crippen molar-refractivity contribution in [1.29, 1.82) is 0 Å². The molecule has 3 nitrogen and oxygen atoms in total. The molecule has 0 aliphatic rings. The van der Waals surface area contributed by atoms with E-state index in [-0.39, 0.29) is 10.8 Å². The van der Waals surface area contributed by atoms with Crippen LogP contribution < -0.4 is 4.90 Å². The zero-order valence-electron chi connectivity index (χ0n) is 33.3. The van der Waals surface area contributed by atoms with E-state index in [1.54, 1.807) is 0 Å². The Morgan fingerprint density at radius 1 is 0.351 bits per heavy atom. The third-order valence-electron chi connectivity index (χ3n) is 12.8. The number of hydrogen-bond donors (Lipinski definition) is 0. The zero-order chi connectivity index (χ0) is 38.5. The van der Waals surface area contributed by atoms with Gasteiger partial charge in [0.2, 0.25) is 0 Å². The van der Waals surface area contributed by atoms with Crippen molar-refractivity contribution in [1.82, 2.24) is 8.80 Å². The lowest BCUT2D eigenvalue weighted by atomic mass is 9.84. The molecular weight excluding hydrogens is 691 g/mol. The van der Waals surface area contributed by atoms with Crippen LogP contribution in [0.15, 0.2) is 152 Å². The summed E-state index contributed by atoms with van der Waals surface area (Å²) in [5, 5.41) is 13.0. The molecule has 0 spiro atoms. The molecule has 12 rings (SSSR count). The van der Waals surface area contributed by atoms with Crippen LogP contribution in [0.3, 0.4) is 0 Å². The lowest BCUT2D eigenvalue weighted by molar-refractivity contribution is 0.590. The maximum absolute atomic E-state index is 2.59. The van der Waals surface area contributed by atoms with Crippen LogP contribution in [0, 0.1) is 0 Å². The van der Waals surface area contributed by atoms with Crippen LogP contribution in [-0.4, -0.2) is 8.80 Å². The highest BCUT2D eigenvalue weighted by molar-refractivity contribution is 6.33. The summed E-state index contributed by atoms with van der Waals surface area (Å²) < 4.78 is 5.16. The van der Waals surface area contributed by atoms with Gasteiger partial charge in [-0.25, -0.2) is 0 Å². The molecule has 57 heavy (non-hydrogen) atoms. The Hall–Kier alpha value is -6.58. The van der Waals surface area contributed by atoms with Gasteiger partial charge in [0, 0.05) is 65.2 Å². The van der Waals surface area contributed by atoms with Crippen molar-refractivity contribution in [2.75, 3.05) is 4.90 Å². The molecule has 0 atom stereocenters. The van der Waals surface area contributed by atoms with Crippen molar-refractivity contribution < 1.29 is 0 Å². The molecular formula is C54H43N3. The van der Waals surface area contributed by atoms with E-state index in [9.17, 15) is 0 Å². The van der Waals surface area contributed by atoms with Gasteiger partial charge in [0.05, 0.1) is 38.8 Å². The summed E-state index contributed by atoms with van der Waals surface area (Å²) in [7, 11) is 0. The first-order valence-corrected chi connectivity index (χ1v) is 20.3. The van der Waals surface area contributed by atoms with Crippen LogP contribution in [0.5, 0.6) is 0 Å². The molecule has 0 aliphatic carbocycles. The van der Waals surface area contributed by atoms with E-state index < -0.39 is 0 Å². The van der Waals surface area contributed by atoms with Gasteiger partial charge < -0.3 is 13.7 Å². The molecule has 0 saturated carbocycles. The van der Waals surface area contributed by atoms with Gasteiger partial charge in [-0.15, -0.1) is 0 Å². The number of rotatable bonds is 3. The Kier molecular flexibility index (Phi) is 6.33. The van der Waals surface area contributed by atoms with Crippen molar-refractivity contribution in [3.63, 3.8) is 0 Å². The highest BCUT2D eigenvalue weighted by atomic mass is 15.1. The maximum atomic E-state index is 2.59. The van der Waals surface area contributed by atoms with E-state index in [2.05, 4.69) is 207 Å². The lowest BCUT2D eigenvalue weighted by Crippen LogP contribution is -2.11.